The number of ether oxygens (including phenoxy) is 1. The predicted molar refractivity (Wildman–Crippen MR) is 79.9 cm³/mol. The van der Waals surface area contributed by atoms with E-state index in [1.54, 1.807) is 7.11 Å². The van der Waals surface area contributed by atoms with Crippen LogP contribution in [0.15, 0.2) is 6.07 Å². The van der Waals surface area contributed by atoms with Crippen LogP contribution in [0.5, 0.6) is 5.75 Å². The molecule has 0 saturated heterocycles. The lowest BCUT2D eigenvalue weighted by molar-refractivity contribution is 0.408. The van der Waals surface area contributed by atoms with Crippen LogP contribution in [-0.2, 0) is 6.42 Å². The van der Waals surface area contributed by atoms with Gasteiger partial charge in [-0.1, -0.05) is 6.07 Å². The zero-order valence-electron chi connectivity index (χ0n) is 12.6. The van der Waals surface area contributed by atoms with Crippen molar-refractivity contribution < 1.29 is 4.74 Å². The third-order valence-corrected chi connectivity index (χ3v) is 4.28. The monoisotopic (exact) mass is 262 g/mol. The van der Waals surface area contributed by atoms with Gasteiger partial charge >= 0.3 is 0 Å². The lowest BCUT2D eigenvalue weighted by atomic mass is 9.96. The Hall–Kier alpha value is -1.06. The van der Waals surface area contributed by atoms with Crippen LogP contribution in [0.4, 0.5) is 0 Å². The highest BCUT2D eigenvalue weighted by Crippen LogP contribution is 2.31. The van der Waals surface area contributed by atoms with E-state index in [2.05, 4.69) is 32.2 Å². The van der Waals surface area contributed by atoms with Gasteiger partial charge < -0.3 is 15.8 Å². The summed E-state index contributed by atoms with van der Waals surface area (Å²) in [6, 6.07) is 2.25. The Kier molecular flexibility index (Phi) is 4.16. The molecule has 0 aromatic heterocycles. The molecule has 19 heavy (non-hydrogen) atoms. The lowest BCUT2D eigenvalue weighted by Gasteiger charge is -2.16. The van der Waals surface area contributed by atoms with Gasteiger partial charge in [0.1, 0.15) is 5.75 Å². The van der Waals surface area contributed by atoms with E-state index < -0.39 is 0 Å². The van der Waals surface area contributed by atoms with E-state index in [0.717, 1.165) is 25.3 Å². The normalized spacial score (nSPS) is 16.5. The first kappa shape index (κ1) is 14.4. The number of methoxy groups -OCH3 is 1. The van der Waals surface area contributed by atoms with Crippen molar-refractivity contribution >= 4 is 0 Å². The van der Waals surface area contributed by atoms with E-state index in [9.17, 15) is 0 Å². The highest BCUT2D eigenvalue weighted by atomic mass is 16.5. The Balaban J connectivity index is 1.96. The molecule has 1 aliphatic carbocycles. The molecule has 0 aliphatic heterocycles. The summed E-state index contributed by atoms with van der Waals surface area (Å²) < 4.78 is 5.46. The standard InChI is InChI=1S/C16H26N2O/c1-11-9-14(12(2)13(3)15(11)19-4)5-8-18-10-16(17)6-7-16/h9,18H,5-8,10,17H2,1-4H3. The van der Waals surface area contributed by atoms with E-state index >= 15 is 0 Å². The number of benzene rings is 1. The maximum atomic E-state index is 6.06. The summed E-state index contributed by atoms with van der Waals surface area (Å²) >= 11 is 0. The first-order valence-corrected chi connectivity index (χ1v) is 7.10. The molecule has 1 saturated carbocycles. The Morgan fingerprint density at radius 2 is 1.95 bits per heavy atom. The van der Waals surface area contributed by atoms with Gasteiger partial charge in [0.25, 0.3) is 0 Å². The fourth-order valence-electron chi connectivity index (χ4n) is 2.61. The molecule has 0 heterocycles. The molecule has 1 aliphatic rings. The van der Waals surface area contributed by atoms with Crippen molar-refractivity contribution in [2.75, 3.05) is 20.2 Å². The van der Waals surface area contributed by atoms with Crippen molar-refractivity contribution in [2.24, 2.45) is 5.73 Å². The zero-order valence-corrected chi connectivity index (χ0v) is 12.6. The highest BCUT2D eigenvalue weighted by Gasteiger charge is 2.37. The van der Waals surface area contributed by atoms with Crippen molar-refractivity contribution in [3.8, 4) is 5.75 Å². The van der Waals surface area contributed by atoms with E-state index in [1.807, 2.05) is 0 Å². The van der Waals surface area contributed by atoms with E-state index in [1.165, 1.54) is 35.1 Å². The molecular weight excluding hydrogens is 236 g/mol. The third kappa shape index (κ3) is 3.28. The molecular formula is C16H26N2O. The summed E-state index contributed by atoms with van der Waals surface area (Å²) in [5.41, 5.74) is 11.4. The minimum Gasteiger partial charge on any atom is -0.496 e. The summed E-state index contributed by atoms with van der Waals surface area (Å²) in [6.45, 7) is 8.36. The average molecular weight is 262 g/mol. The van der Waals surface area contributed by atoms with Gasteiger partial charge in [0, 0.05) is 12.1 Å². The first-order valence-electron chi connectivity index (χ1n) is 7.10. The van der Waals surface area contributed by atoms with Crippen LogP contribution in [-0.4, -0.2) is 25.7 Å². The van der Waals surface area contributed by atoms with E-state index in [0.29, 0.717) is 0 Å². The van der Waals surface area contributed by atoms with E-state index in [-0.39, 0.29) is 5.54 Å². The number of rotatable bonds is 6. The molecule has 0 unspecified atom stereocenters. The maximum absolute atomic E-state index is 6.06. The van der Waals surface area contributed by atoms with Crippen molar-refractivity contribution in [1.82, 2.24) is 5.32 Å². The highest BCUT2D eigenvalue weighted by molar-refractivity contribution is 5.49. The van der Waals surface area contributed by atoms with Gasteiger partial charge in [-0.15, -0.1) is 0 Å². The van der Waals surface area contributed by atoms with Gasteiger partial charge in [-0.2, -0.15) is 0 Å². The van der Waals surface area contributed by atoms with Gasteiger partial charge in [-0.25, -0.2) is 0 Å². The topological polar surface area (TPSA) is 47.3 Å². The minimum absolute atomic E-state index is 0.0980. The molecule has 0 amide bonds. The predicted octanol–water partition coefficient (Wildman–Crippen LogP) is 2.24. The summed E-state index contributed by atoms with van der Waals surface area (Å²) in [6.07, 6.45) is 3.38. The average Bonchev–Trinajstić information content (AvgIpc) is 3.10. The minimum atomic E-state index is 0.0980. The number of aryl methyl sites for hydroxylation is 1. The van der Waals surface area contributed by atoms with Gasteiger partial charge in [0.2, 0.25) is 0 Å². The first-order chi connectivity index (χ1) is 8.97. The SMILES string of the molecule is COc1c(C)cc(CCNCC2(N)CC2)c(C)c1C. The zero-order chi connectivity index (χ0) is 14.0. The van der Waals surface area contributed by atoms with Gasteiger partial charge in [-0.3, -0.25) is 0 Å². The van der Waals surface area contributed by atoms with Crippen molar-refractivity contribution in [1.29, 1.82) is 0 Å². The molecule has 3 heteroatoms. The molecule has 3 N–H and O–H groups in total. The van der Waals surface area contributed by atoms with Crippen LogP contribution in [0.1, 0.15) is 35.1 Å². The van der Waals surface area contributed by atoms with Crippen molar-refractivity contribution in [3.63, 3.8) is 0 Å². The number of hydrogen-bond donors (Lipinski definition) is 2. The van der Waals surface area contributed by atoms with Crippen LogP contribution in [0.2, 0.25) is 0 Å². The molecule has 1 aromatic carbocycles. The molecule has 0 radical (unpaired) electrons. The van der Waals surface area contributed by atoms with E-state index in [4.69, 9.17) is 10.5 Å². The number of hydrogen-bond acceptors (Lipinski definition) is 3. The second-order valence-corrected chi connectivity index (χ2v) is 5.92. The molecule has 0 spiro atoms. The van der Waals surface area contributed by atoms with Crippen LogP contribution in [0, 0.1) is 20.8 Å². The van der Waals surface area contributed by atoms with Crippen LogP contribution in [0.3, 0.4) is 0 Å². The molecule has 106 valence electrons. The lowest BCUT2D eigenvalue weighted by Crippen LogP contribution is -2.36. The van der Waals surface area contributed by atoms with Crippen LogP contribution in [0.25, 0.3) is 0 Å². The summed E-state index contributed by atoms with van der Waals surface area (Å²) in [5, 5.41) is 3.47. The molecule has 1 fully saturated rings. The van der Waals surface area contributed by atoms with Crippen molar-refractivity contribution in [3.05, 3.63) is 28.3 Å². The van der Waals surface area contributed by atoms with Gasteiger partial charge in [-0.05, 0) is 68.8 Å². The summed E-state index contributed by atoms with van der Waals surface area (Å²) in [4.78, 5) is 0. The Labute approximate surface area is 116 Å². The molecule has 0 bridgehead atoms. The Morgan fingerprint density at radius 1 is 1.26 bits per heavy atom. The summed E-state index contributed by atoms with van der Waals surface area (Å²) in [7, 11) is 1.74. The second kappa shape index (κ2) is 5.51. The van der Waals surface area contributed by atoms with Crippen LogP contribution >= 0.6 is 0 Å². The second-order valence-electron chi connectivity index (χ2n) is 5.92. The van der Waals surface area contributed by atoms with Gasteiger partial charge in [0.05, 0.1) is 7.11 Å². The van der Waals surface area contributed by atoms with Gasteiger partial charge in [0.15, 0.2) is 0 Å². The van der Waals surface area contributed by atoms with Crippen molar-refractivity contribution in [2.45, 2.75) is 45.6 Å². The Morgan fingerprint density at radius 3 is 2.53 bits per heavy atom. The van der Waals surface area contributed by atoms with Crippen LogP contribution < -0.4 is 15.8 Å². The fraction of sp³-hybridized carbons (Fsp3) is 0.625. The fourth-order valence-corrected chi connectivity index (χ4v) is 2.61. The number of nitrogens with two attached hydrogens (primary N) is 1. The molecule has 3 nitrogen and oxygen atoms in total. The Bertz CT molecular complexity index is 464. The quantitative estimate of drug-likeness (QED) is 0.773. The number of nitrogens with one attached hydrogen (secondary N) is 1. The third-order valence-electron chi connectivity index (χ3n) is 4.28. The smallest absolute Gasteiger partial charge is 0.124 e. The molecule has 1 aromatic rings. The maximum Gasteiger partial charge on any atom is 0.124 e. The molecule has 2 rings (SSSR count). The largest absolute Gasteiger partial charge is 0.496 e. The molecule has 0 atom stereocenters. The summed E-state index contributed by atoms with van der Waals surface area (Å²) in [5.74, 6) is 1.02.